The van der Waals surface area contributed by atoms with Gasteiger partial charge in [-0.1, -0.05) is 51.3 Å². The number of rotatable bonds is 6. The third-order valence-electron chi connectivity index (χ3n) is 2.84. The molecule has 0 spiro atoms. The molecule has 0 radical (unpaired) electrons. The molecule has 19 heavy (non-hydrogen) atoms. The number of hydrogen-bond donors (Lipinski definition) is 2. The summed E-state index contributed by atoms with van der Waals surface area (Å²) in [5, 5.41) is 8.75. The van der Waals surface area contributed by atoms with E-state index in [4.69, 9.17) is 9.66 Å². The van der Waals surface area contributed by atoms with Crippen molar-refractivity contribution in [2.24, 2.45) is 5.92 Å². The summed E-state index contributed by atoms with van der Waals surface area (Å²) in [7, 11) is -4.00. The van der Waals surface area contributed by atoms with Crippen LogP contribution in [0.4, 0.5) is 0 Å². The summed E-state index contributed by atoms with van der Waals surface area (Å²) in [4.78, 5) is -0.0741. The molecular weight excluding hydrogens is 264 g/mol. The highest BCUT2D eigenvalue weighted by Gasteiger charge is 2.05. The molecule has 0 aromatic heterocycles. The molecule has 0 aliphatic carbocycles. The molecule has 4 nitrogen and oxygen atoms in total. The molecule has 5 heteroatoms. The van der Waals surface area contributed by atoms with E-state index in [1.54, 1.807) is 18.2 Å². The van der Waals surface area contributed by atoms with Crippen molar-refractivity contribution in [1.82, 2.24) is 0 Å². The second kappa shape index (κ2) is 9.95. The largest absolute Gasteiger partial charge is 0.396 e. The molecule has 1 rings (SSSR count). The van der Waals surface area contributed by atoms with Gasteiger partial charge in [0.1, 0.15) is 0 Å². The Morgan fingerprint density at radius 2 is 1.74 bits per heavy atom. The minimum atomic E-state index is -4.00. The predicted molar refractivity (Wildman–Crippen MR) is 76.6 cm³/mol. The molecule has 1 aromatic rings. The minimum absolute atomic E-state index is 0.0741. The summed E-state index contributed by atoms with van der Waals surface area (Å²) < 4.78 is 29.2. The van der Waals surface area contributed by atoms with Gasteiger partial charge in [0.25, 0.3) is 10.1 Å². The number of unbranched alkanes of at least 4 members (excludes halogenated alkanes) is 1. The zero-order chi connectivity index (χ0) is 14.7. The third kappa shape index (κ3) is 8.75. The van der Waals surface area contributed by atoms with Gasteiger partial charge in [-0.05, 0) is 24.5 Å². The molecule has 0 saturated heterocycles. The number of benzene rings is 1. The molecule has 0 heterocycles. The van der Waals surface area contributed by atoms with Crippen LogP contribution in [0, 0.1) is 5.92 Å². The second-order valence-electron chi connectivity index (χ2n) is 4.39. The fraction of sp³-hybridized carbons (Fsp3) is 0.571. The zero-order valence-corrected chi connectivity index (χ0v) is 12.4. The van der Waals surface area contributed by atoms with Crippen molar-refractivity contribution in [2.75, 3.05) is 6.61 Å². The molecule has 1 atom stereocenters. The quantitative estimate of drug-likeness (QED) is 0.789. The van der Waals surface area contributed by atoms with Gasteiger partial charge in [-0.15, -0.1) is 0 Å². The molecule has 1 aromatic carbocycles. The minimum Gasteiger partial charge on any atom is -0.396 e. The van der Waals surface area contributed by atoms with Crippen molar-refractivity contribution in [3.63, 3.8) is 0 Å². The van der Waals surface area contributed by atoms with Crippen LogP contribution in [-0.4, -0.2) is 24.7 Å². The van der Waals surface area contributed by atoms with Gasteiger partial charge in [-0.25, -0.2) is 0 Å². The monoisotopic (exact) mass is 288 g/mol. The number of aliphatic hydroxyl groups excluding tert-OH is 1. The van der Waals surface area contributed by atoms with Crippen LogP contribution in [-0.2, 0) is 10.1 Å². The molecule has 1 unspecified atom stereocenters. The predicted octanol–water partition coefficient (Wildman–Crippen LogP) is 3.13. The van der Waals surface area contributed by atoms with E-state index in [0.717, 1.165) is 6.42 Å². The highest BCUT2D eigenvalue weighted by molar-refractivity contribution is 7.85. The van der Waals surface area contributed by atoms with Gasteiger partial charge >= 0.3 is 0 Å². The first-order valence-electron chi connectivity index (χ1n) is 6.59. The van der Waals surface area contributed by atoms with E-state index in [1.807, 2.05) is 0 Å². The van der Waals surface area contributed by atoms with E-state index >= 15 is 0 Å². The lowest BCUT2D eigenvalue weighted by Gasteiger charge is -2.08. The van der Waals surface area contributed by atoms with Crippen LogP contribution in [0.25, 0.3) is 0 Å². The van der Waals surface area contributed by atoms with Crippen LogP contribution in [0.1, 0.15) is 39.5 Å². The van der Waals surface area contributed by atoms with Crippen molar-refractivity contribution in [3.05, 3.63) is 30.3 Å². The average molecular weight is 288 g/mol. The van der Waals surface area contributed by atoms with Crippen LogP contribution in [0.5, 0.6) is 0 Å². The fourth-order valence-corrected chi connectivity index (χ4v) is 2.01. The first-order valence-corrected chi connectivity index (χ1v) is 8.03. The van der Waals surface area contributed by atoms with E-state index < -0.39 is 10.1 Å². The Balaban J connectivity index is 0.000000344. The topological polar surface area (TPSA) is 74.6 Å². The van der Waals surface area contributed by atoms with Gasteiger partial charge in [-0.3, -0.25) is 4.55 Å². The second-order valence-corrected chi connectivity index (χ2v) is 5.81. The van der Waals surface area contributed by atoms with Crippen LogP contribution in [0.3, 0.4) is 0 Å². The van der Waals surface area contributed by atoms with Gasteiger partial charge in [0.2, 0.25) is 0 Å². The summed E-state index contributed by atoms with van der Waals surface area (Å²) in [6.07, 6.45) is 4.83. The summed E-state index contributed by atoms with van der Waals surface area (Å²) in [5.41, 5.74) is 0. The molecule has 0 fully saturated rings. The van der Waals surface area contributed by atoms with Gasteiger partial charge in [-0.2, -0.15) is 8.42 Å². The first-order chi connectivity index (χ1) is 8.95. The van der Waals surface area contributed by atoms with E-state index in [9.17, 15) is 8.42 Å². The van der Waals surface area contributed by atoms with Crippen LogP contribution >= 0.6 is 0 Å². The van der Waals surface area contributed by atoms with Gasteiger partial charge in [0, 0.05) is 6.61 Å². The lowest BCUT2D eigenvalue weighted by molar-refractivity contribution is 0.212. The van der Waals surface area contributed by atoms with Crippen molar-refractivity contribution in [3.8, 4) is 0 Å². The van der Waals surface area contributed by atoms with E-state index in [-0.39, 0.29) is 4.90 Å². The maximum absolute atomic E-state index is 10.4. The Kier molecular flexibility index (Phi) is 9.47. The van der Waals surface area contributed by atoms with Crippen molar-refractivity contribution < 1.29 is 18.1 Å². The molecule has 110 valence electrons. The van der Waals surface area contributed by atoms with Crippen molar-refractivity contribution in [2.45, 2.75) is 44.4 Å². The molecule has 0 amide bonds. The summed E-state index contributed by atoms with van der Waals surface area (Å²) in [5.74, 6) is 0.560. The Morgan fingerprint density at radius 3 is 2.05 bits per heavy atom. The summed E-state index contributed by atoms with van der Waals surface area (Å²) >= 11 is 0. The SMILES string of the molecule is CCCCC(CC)CO.O=S(=O)(O)c1ccccc1. The maximum Gasteiger partial charge on any atom is 0.294 e. The van der Waals surface area contributed by atoms with Crippen LogP contribution in [0.15, 0.2) is 35.2 Å². The van der Waals surface area contributed by atoms with E-state index in [1.165, 1.54) is 31.4 Å². The molecule has 0 saturated carbocycles. The first kappa shape index (κ1) is 18.1. The highest BCUT2D eigenvalue weighted by Crippen LogP contribution is 2.10. The maximum atomic E-state index is 10.4. The van der Waals surface area contributed by atoms with Crippen LogP contribution in [0.2, 0.25) is 0 Å². The lowest BCUT2D eigenvalue weighted by Crippen LogP contribution is -2.03. The van der Waals surface area contributed by atoms with Crippen LogP contribution < -0.4 is 0 Å². The Bertz CT molecular complexity index is 410. The lowest BCUT2D eigenvalue weighted by atomic mass is 10.0. The van der Waals surface area contributed by atoms with Gasteiger partial charge in [0.05, 0.1) is 4.90 Å². The Morgan fingerprint density at radius 1 is 1.16 bits per heavy atom. The smallest absolute Gasteiger partial charge is 0.294 e. The zero-order valence-electron chi connectivity index (χ0n) is 11.6. The van der Waals surface area contributed by atoms with Gasteiger partial charge in [0.15, 0.2) is 0 Å². The normalized spacial score (nSPS) is 12.4. The molecule has 0 aliphatic heterocycles. The van der Waals surface area contributed by atoms with Gasteiger partial charge < -0.3 is 5.11 Å². The molecule has 0 aliphatic rings. The highest BCUT2D eigenvalue weighted by atomic mass is 32.2. The molecule has 0 bridgehead atoms. The van der Waals surface area contributed by atoms with Crippen molar-refractivity contribution in [1.29, 1.82) is 0 Å². The Hall–Kier alpha value is -0.910. The van der Waals surface area contributed by atoms with E-state index in [0.29, 0.717) is 12.5 Å². The third-order valence-corrected chi connectivity index (χ3v) is 3.71. The average Bonchev–Trinajstić information content (AvgIpc) is 2.41. The van der Waals surface area contributed by atoms with Crippen molar-refractivity contribution >= 4 is 10.1 Å². The molecular formula is C14H24O4S. The molecule has 2 N–H and O–H groups in total. The summed E-state index contributed by atoms with van der Waals surface area (Å²) in [6, 6.07) is 7.42. The fourth-order valence-electron chi connectivity index (χ4n) is 1.51. The van der Waals surface area contributed by atoms with E-state index in [2.05, 4.69) is 13.8 Å². The standard InChI is InChI=1S/C8H18O.C6H6O3S/c1-3-5-6-8(4-2)7-9;7-10(8,9)6-4-2-1-3-5-6/h8-9H,3-7H2,1-2H3;1-5H,(H,7,8,9). The number of hydrogen-bond acceptors (Lipinski definition) is 3. The number of aliphatic hydroxyl groups is 1. The summed E-state index contributed by atoms with van der Waals surface area (Å²) in [6.45, 7) is 4.69. The Labute approximate surface area is 116 Å².